The number of ketones is 1. The van der Waals surface area contributed by atoms with Gasteiger partial charge in [-0.2, -0.15) is 5.10 Å². The van der Waals surface area contributed by atoms with Crippen molar-refractivity contribution >= 4 is 17.4 Å². The molecule has 112 valence electrons. The van der Waals surface area contributed by atoms with Gasteiger partial charge in [-0.3, -0.25) is 9.48 Å². The van der Waals surface area contributed by atoms with Crippen molar-refractivity contribution in [3.05, 3.63) is 51.6 Å². The minimum Gasteiger partial charge on any atom is -0.294 e. The summed E-state index contributed by atoms with van der Waals surface area (Å²) in [6.45, 7) is 5.74. The Morgan fingerprint density at radius 1 is 1.33 bits per heavy atom. The Hall–Kier alpha value is -1.68. The molecule has 5 heteroatoms. The Morgan fingerprint density at radius 2 is 2.05 bits per heavy atom. The van der Waals surface area contributed by atoms with Crippen LogP contribution >= 0.6 is 11.6 Å². The van der Waals surface area contributed by atoms with Crippen LogP contribution in [0.25, 0.3) is 0 Å². The highest BCUT2D eigenvalue weighted by Gasteiger charge is 2.19. The number of aromatic nitrogens is 2. The fourth-order valence-electron chi connectivity index (χ4n) is 2.53. The molecule has 1 aromatic carbocycles. The van der Waals surface area contributed by atoms with Crippen LogP contribution in [-0.4, -0.2) is 15.6 Å². The van der Waals surface area contributed by atoms with Gasteiger partial charge in [-0.1, -0.05) is 37.6 Å². The summed E-state index contributed by atoms with van der Waals surface area (Å²) in [6.07, 6.45) is 1.34. The fourth-order valence-corrected chi connectivity index (χ4v) is 2.72. The van der Waals surface area contributed by atoms with Crippen LogP contribution in [0.2, 0.25) is 5.02 Å². The van der Waals surface area contributed by atoms with E-state index in [4.69, 9.17) is 11.6 Å². The first-order valence-electron chi connectivity index (χ1n) is 7.01. The minimum absolute atomic E-state index is 0.00140. The Balaban J connectivity index is 2.49. The molecule has 0 fully saturated rings. The lowest BCUT2D eigenvalue weighted by Crippen LogP contribution is -2.09. The van der Waals surface area contributed by atoms with Gasteiger partial charge >= 0.3 is 0 Å². The minimum atomic E-state index is -0.431. The molecule has 0 bridgehead atoms. The molecule has 0 spiro atoms. The third-order valence-electron chi connectivity index (χ3n) is 3.50. The maximum absolute atomic E-state index is 14.0. The average molecular weight is 309 g/mol. The summed E-state index contributed by atoms with van der Waals surface area (Å²) in [5.41, 5.74) is 2.75. The number of Topliss-reactive ketones (excluding diaryl/α,β-unsaturated/α-hetero) is 1. The second kappa shape index (κ2) is 6.39. The largest absolute Gasteiger partial charge is 0.294 e. The summed E-state index contributed by atoms with van der Waals surface area (Å²) in [5.74, 6) is -0.430. The van der Waals surface area contributed by atoms with Crippen LogP contribution in [0, 0.1) is 5.82 Å². The van der Waals surface area contributed by atoms with Crippen molar-refractivity contribution in [2.75, 3.05) is 0 Å². The van der Waals surface area contributed by atoms with E-state index in [2.05, 4.69) is 5.10 Å². The zero-order valence-electron chi connectivity index (χ0n) is 12.4. The van der Waals surface area contributed by atoms with Crippen LogP contribution in [0.15, 0.2) is 18.2 Å². The zero-order chi connectivity index (χ0) is 15.6. The van der Waals surface area contributed by atoms with E-state index in [9.17, 15) is 9.18 Å². The van der Waals surface area contributed by atoms with Crippen LogP contribution in [-0.2, 0) is 19.4 Å². The number of rotatable bonds is 5. The molecule has 21 heavy (non-hydrogen) atoms. The normalized spacial score (nSPS) is 10.9. The van der Waals surface area contributed by atoms with E-state index >= 15 is 0 Å². The molecule has 0 saturated heterocycles. The van der Waals surface area contributed by atoms with Gasteiger partial charge in [-0.15, -0.1) is 0 Å². The molecule has 0 aliphatic carbocycles. The SMILES string of the molecule is CCc1nn(Cc2cccc(Cl)c2F)c(CC)c1C(C)=O. The highest BCUT2D eigenvalue weighted by atomic mass is 35.5. The first-order chi connectivity index (χ1) is 9.99. The number of nitrogens with zero attached hydrogens (tertiary/aromatic N) is 2. The lowest BCUT2D eigenvalue weighted by atomic mass is 10.1. The molecule has 0 radical (unpaired) electrons. The quantitative estimate of drug-likeness (QED) is 0.781. The van der Waals surface area contributed by atoms with Crippen molar-refractivity contribution in [1.82, 2.24) is 9.78 Å². The topological polar surface area (TPSA) is 34.9 Å². The zero-order valence-corrected chi connectivity index (χ0v) is 13.2. The number of aryl methyl sites for hydroxylation is 1. The van der Waals surface area contributed by atoms with Gasteiger partial charge in [0.2, 0.25) is 0 Å². The van der Waals surface area contributed by atoms with Crippen LogP contribution in [0.5, 0.6) is 0 Å². The van der Waals surface area contributed by atoms with Crippen molar-refractivity contribution in [2.24, 2.45) is 0 Å². The second-order valence-electron chi connectivity index (χ2n) is 4.90. The third kappa shape index (κ3) is 3.00. The standard InChI is InChI=1S/C16H18ClFN2O/c1-4-13-15(10(3)21)14(5-2)20(19-13)9-11-7-6-8-12(17)16(11)18/h6-8H,4-5,9H2,1-3H3. The van der Waals surface area contributed by atoms with Gasteiger partial charge in [0.25, 0.3) is 0 Å². The van der Waals surface area contributed by atoms with Gasteiger partial charge in [-0.05, 0) is 25.8 Å². The molecule has 0 amide bonds. The Kier molecular flexibility index (Phi) is 4.78. The van der Waals surface area contributed by atoms with E-state index in [1.165, 1.54) is 6.07 Å². The van der Waals surface area contributed by atoms with Crippen molar-refractivity contribution in [3.8, 4) is 0 Å². The lowest BCUT2D eigenvalue weighted by Gasteiger charge is -2.08. The predicted molar refractivity (Wildman–Crippen MR) is 81.5 cm³/mol. The Morgan fingerprint density at radius 3 is 2.62 bits per heavy atom. The van der Waals surface area contributed by atoms with Gasteiger partial charge < -0.3 is 0 Å². The summed E-state index contributed by atoms with van der Waals surface area (Å²) >= 11 is 5.81. The van der Waals surface area contributed by atoms with Crippen LogP contribution in [0.1, 0.15) is 48.1 Å². The van der Waals surface area contributed by atoms with Crippen molar-refractivity contribution in [3.63, 3.8) is 0 Å². The number of hydrogen-bond acceptors (Lipinski definition) is 2. The summed E-state index contributed by atoms with van der Waals surface area (Å²) in [4.78, 5) is 11.8. The van der Waals surface area contributed by atoms with Crippen LogP contribution < -0.4 is 0 Å². The molecule has 0 saturated carbocycles. The van der Waals surface area contributed by atoms with Crippen LogP contribution in [0.3, 0.4) is 0 Å². The van der Waals surface area contributed by atoms with Gasteiger partial charge in [0, 0.05) is 11.3 Å². The van der Waals surface area contributed by atoms with Crippen molar-refractivity contribution in [1.29, 1.82) is 0 Å². The Labute approximate surface area is 128 Å². The molecule has 1 aromatic heterocycles. The molecule has 1 heterocycles. The number of benzene rings is 1. The number of hydrogen-bond donors (Lipinski definition) is 0. The van der Waals surface area contributed by atoms with E-state index in [0.717, 1.165) is 11.4 Å². The average Bonchev–Trinajstić information content (AvgIpc) is 2.81. The molecular weight excluding hydrogens is 291 g/mol. The first kappa shape index (κ1) is 15.7. The Bertz CT molecular complexity index is 679. The molecule has 0 atom stereocenters. The van der Waals surface area contributed by atoms with E-state index in [1.807, 2.05) is 13.8 Å². The molecule has 0 aliphatic rings. The molecule has 0 N–H and O–H groups in total. The van der Waals surface area contributed by atoms with Gasteiger partial charge in [0.1, 0.15) is 5.82 Å². The van der Waals surface area contributed by atoms with Crippen LogP contribution in [0.4, 0.5) is 4.39 Å². The van der Waals surface area contributed by atoms with Gasteiger partial charge in [0.15, 0.2) is 5.78 Å². The first-order valence-corrected chi connectivity index (χ1v) is 7.39. The highest BCUT2D eigenvalue weighted by Crippen LogP contribution is 2.22. The van der Waals surface area contributed by atoms with Gasteiger partial charge in [-0.25, -0.2) is 4.39 Å². The summed E-state index contributed by atoms with van der Waals surface area (Å²) < 4.78 is 15.7. The van der Waals surface area contributed by atoms with E-state index in [-0.39, 0.29) is 17.4 Å². The monoisotopic (exact) mass is 308 g/mol. The lowest BCUT2D eigenvalue weighted by molar-refractivity contribution is 0.101. The maximum Gasteiger partial charge on any atom is 0.163 e. The number of carbonyl (C=O) groups is 1. The molecule has 0 aliphatic heterocycles. The number of carbonyl (C=O) groups excluding carboxylic acids is 1. The number of halogens is 2. The summed E-state index contributed by atoms with van der Waals surface area (Å²) in [5, 5.41) is 4.57. The fraction of sp³-hybridized carbons (Fsp3) is 0.375. The molecular formula is C16H18ClFN2O. The van der Waals surface area contributed by atoms with Gasteiger partial charge in [0.05, 0.1) is 22.8 Å². The maximum atomic E-state index is 14.0. The summed E-state index contributed by atoms with van der Waals surface area (Å²) in [7, 11) is 0. The van der Waals surface area contributed by atoms with Crippen molar-refractivity contribution in [2.45, 2.75) is 40.2 Å². The third-order valence-corrected chi connectivity index (χ3v) is 3.80. The highest BCUT2D eigenvalue weighted by molar-refractivity contribution is 6.30. The van der Waals surface area contributed by atoms with Crippen molar-refractivity contribution < 1.29 is 9.18 Å². The van der Waals surface area contributed by atoms with E-state index < -0.39 is 5.82 Å². The molecule has 2 rings (SSSR count). The second-order valence-corrected chi connectivity index (χ2v) is 5.31. The molecule has 3 nitrogen and oxygen atoms in total. The van der Waals surface area contributed by atoms with E-state index in [0.29, 0.717) is 24.0 Å². The summed E-state index contributed by atoms with van der Waals surface area (Å²) in [6, 6.07) is 4.91. The molecule has 2 aromatic rings. The predicted octanol–water partition coefficient (Wildman–Crippen LogP) is 4.05. The van der Waals surface area contributed by atoms with E-state index in [1.54, 1.807) is 23.7 Å². The smallest absolute Gasteiger partial charge is 0.163 e. The molecule has 0 unspecified atom stereocenters.